The molecule has 1 heterocycles. The molecular formula is C10H10ClN5O3. The van der Waals surface area contributed by atoms with Gasteiger partial charge in [-0.1, -0.05) is 17.7 Å². The molecule has 2 rings (SSSR count). The van der Waals surface area contributed by atoms with E-state index in [0.717, 1.165) is 0 Å². The highest BCUT2D eigenvalue weighted by Gasteiger charge is 2.16. The Morgan fingerprint density at radius 3 is 2.89 bits per heavy atom. The third-order valence-electron chi connectivity index (χ3n) is 2.47. The Bertz CT molecular complexity index is 575. The minimum absolute atomic E-state index is 0.360. The van der Waals surface area contributed by atoms with Crippen molar-refractivity contribution in [3.63, 3.8) is 0 Å². The third-order valence-corrected chi connectivity index (χ3v) is 2.80. The number of amides is 1. The Kier molecular flexibility index (Phi) is 3.93. The zero-order valence-corrected chi connectivity index (χ0v) is 10.3. The number of hydrogen-bond acceptors (Lipinski definition) is 5. The van der Waals surface area contributed by atoms with Gasteiger partial charge in [0.25, 0.3) is 0 Å². The molecule has 100 valence electrons. The summed E-state index contributed by atoms with van der Waals surface area (Å²) >= 11 is 6.03. The maximum Gasteiger partial charge on any atom is 0.405 e. The van der Waals surface area contributed by atoms with Crippen LogP contribution >= 0.6 is 11.6 Å². The van der Waals surface area contributed by atoms with Crippen molar-refractivity contribution in [2.24, 2.45) is 0 Å². The van der Waals surface area contributed by atoms with Gasteiger partial charge >= 0.3 is 6.09 Å². The average Bonchev–Trinajstić information content (AvgIpc) is 2.90. The number of carbonyl (C=O) groups is 1. The molecular weight excluding hydrogens is 274 g/mol. The molecule has 0 saturated carbocycles. The molecule has 0 aliphatic heterocycles. The van der Waals surface area contributed by atoms with E-state index >= 15 is 0 Å². The number of benzene rings is 1. The molecule has 8 nitrogen and oxygen atoms in total. The van der Waals surface area contributed by atoms with Crippen LogP contribution in [0.15, 0.2) is 18.2 Å². The fourth-order valence-electron chi connectivity index (χ4n) is 1.60. The molecule has 9 heteroatoms. The summed E-state index contributed by atoms with van der Waals surface area (Å²) in [6, 6.07) is 4.07. The van der Waals surface area contributed by atoms with Gasteiger partial charge in [0.05, 0.1) is 17.7 Å². The van der Waals surface area contributed by atoms with E-state index in [1.165, 1.54) is 0 Å². The minimum atomic E-state index is -1.23. The fraction of sp³-hybridized carbons (Fsp3) is 0.200. The number of nitrogens with one attached hydrogen (secondary N) is 2. The van der Waals surface area contributed by atoms with Crippen LogP contribution in [0.4, 0.5) is 4.79 Å². The van der Waals surface area contributed by atoms with Crippen LogP contribution in [0, 0.1) is 0 Å². The van der Waals surface area contributed by atoms with Crippen LogP contribution in [0.25, 0.3) is 11.4 Å². The van der Waals surface area contributed by atoms with E-state index in [0.29, 0.717) is 22.0 Å². The number of carboxylic acid groups (broad SMARTS) is 1. The molecule has 4 N–H and O–H groups in total. The van der Waals surface area contributed by atoms with E-state index in [1.807, 2.05) is 0 Å². The van der Waals surface area contributed by atoms with Crippen molar-refractivity contribution in [1.82, 2.24) is 25.9 Å². The first-order valence-corrected chi connectivity index (χ1v) is 5.63. The van der Waals surface area contributed by atoms with Crippen LogP contribution < -0.4 is 5.32 Å². The highest BCUT2D eigenvalue weighted by Crippen LogP contribution is 2.27. The van der Waals surface area contributed by atoms with Crippen molar-refractivity contribution < 1.29 is 15.0 Å². The number of aromatic nitrogens is 4. The van der Waals surface area contributed by atoms with Crippen molar-refractivity contribution in [2.75, 3.05) is 6.61 Å². The van der Waals surface area contributed by atoms with E-state index in [9.17, 15) is 9.90 Å². The van der Waals surface area contributed by atoms with Crippen LogP contribution in [0.2, 0.25) is 5.02 Å². The number of aromatic amines is 1. The van der Waals surface area contributed by atoms with E-state index < -0.39 is 12.1 Å². The summed E-state index contributed by atoms with van der Waals surface area (Å²) in [6.07, 6.45) is -1.23. The Balaban J connectivity index is 2.37. The van der Waals surface area contributed by atoms with Crippen LogP contribution in [0.1, 0.15) is 11.6 Å². The summed E-state index contributed by atoms with van der Waals surface area (Å²) < 4.78 is 0. The second kappa shape index (κ2) is 5.63. The number of H-pyrrole nitrogens is 1. The monoisotopic (exact) mass is 283 g/mol. The van der Waals surface area contributed by atoms with Crippen molar-refractivity contribution in [3.05, 3.63) is 28.8 Å². The molecule has 19 heavy (non-hydrogen) atoms. The second-order valence-corrected chi connectivity index (χ2v) is 4.08. The van der Waals surface area contributed by atoms with Crippen LogP contribution in [-0.2, 0) is 0 Å². The van der Waals surface area contributed by atoms with Gasteiger partial charge in [-0.25, -0.2) is 9.89 Å². The maximum absolute atomic E-state index is 10.6. The fourth-order valence-corrected chi connectivity index (χ4v) is 1.80. The normalized spacial score (nSPS) is 12.1. The Morgan fingerprint density at radius 2 is 2.32 bits per heavy atom. The first kappa shape index (κ1) is 13.2. The molecule has 0 unspecified atom stereocenters. The molecule has 1 atom stereocenters. The lowest BCUT2D eigenvalue weighted by atomic mass is 10.0. The van der Waals surface area contributed by atoms with Crippen LogP contribution in [0.5, 0.6) is 0 Å². The third kappa shape index (κ3) is 2.98. The maximum atomic E-state index is 10.6. The summed E-state index contributed by atoms with van der Waals surface area (Å²) in [6.45, 7) is -0.373. The molecule has 0 fully saturated rings. The quantitative estimate of drug-likeness (QED) is 0.658. The zero-order chi connectivity index (χ0) is 13.8. The van der Waals surface area contributed by atoms with Gasteiger partial charge < -0.3 is 15.5 Å². The largest absolute Gasteiger partial charge is 0.465 e. The average molecular weight is 284 g/mol. The second-order valence-electron chi connectivity index (χ2n) is 3.67. The summed E-state index contributed by atoms with van der Waals surface area (Å²) in [5, 5.41) is 33.7. The lowest BCUT2D eigenvalue weighted by molar-refractivity contribution is 0.177. The van der Waals surface area contributed by atoms with Gasteiger partial charge in [0.1, 0.15) is 0 Å². The topological polar surface area (TPSA) is 124 Å². The zero-order valence-electron chi connectivity index (χ0n) is 9.54. The van der Waals surface area contributed by atoms with E-state index in [2.05, 4.69) is 25.9 Å². The predicted molar refractivity (Wildman–Crippen MR) is 65.6 cm³/mol. The van der Waals surface area contributed by atoms with Crippen molar-refractivity contribution in [1.29, 1.82) is 0 Å². The van der Waals surface area contributed by atoms with Gasteiger partial charge in [-0.2, -0.15) is 0 Å². The SMILES string of the molecule is O=C(O)N[C@H](CO)c1ccc(Cl)c(-c2nnn[nH]2)c1. The first-order valence-electron chi connectivity index (χ1n) is 5.25. The van der Waals surface area contributed by atoms with Crippen molar-refractivity contribution in [2.45, 2.75) is 6.04 Å². The Morgan fingerprint density at radius 1 is 1.53 bits per heavy atom. The predicted octanol–water partition coefficient (Wildman–Crippen LogP) is 0.821. The number of halogens is 1. The number of tetrazole rings is 1. The van der Waals surface area contributed by atoms with Gasteiger partial charge in [-0.05, 0) is 28.1 Å². The van der Waals surface area contributed by atoms with Crippen molar-refractivity contribution >= 4 is 17.7 Å². The van der Waals surface area contributed by atoms with E-state index in [4.69, 9.17) is 16.7 Å². The highest BCUT2D eigenvalue weighted by molar-refractivity contribution is 6.33. The van der Waals surface area contributed by atoms with Gasteiger partial charge in [-0.3, -0.25) is 0 Å². The molecule has 0 aliphatic carbocycles. The minimum Gasteiger partial charge on any atom is -0.465 e. The summed E-state index contributed by atoms with van der Waals surface area (Å²) in [5.41, 5.74) is 1.08. The van der Waals surface area contributed by atoms with Gasteiger partial charge in [0.15, 0.2) is 5.82 Å². The molecule has 1 amide bonds. The summed E-state index contributed by atoms with van der Waals surface area (Å²) in [7, 11) is 0. The lowest BCUT2D eigenvalue weighted by Gasteiger charge is -2.15. The number of hydrogen-bond donors (Lipinski definition) is 4. The molecule has 0 bridgehead atoms. The Labute approximate surface area is 112 Å². The molecule has 0 spiro atoms. The smallest absolute Gasteiger partial charge is 0.405 e. The molecule has 1 aromatic carbocycles. The van der Waals surface area contributed by atoms with E-state index in [1.54, 1.807) is 18.2 Å². The molecule has 0 saturated heterocycles. The van der Waals surface area contributed by atoms with Crippen LogP contribution in [-0.4, -0.2) is 43.5 Å². The summed E-state index contributed by atoms with van der Waals surface area (Å²) in [5.74, 6) is 0.360. The molecule has 0 aliphatic rings. The number of rotatable bonds is 4. The number of aliphatic hydroxyl groups excluding tert-OH is 1. The molecule has 2 aromatic rings. The number of nitrogens with zero attached hydrogens (tertiary/aromatic N) is 3. The van der Waals surface area contributed by atoms with E-state index in [-0.39, 0.29) is 6.61 Å². The lowest BCUT2D eigenvalue weighted by Crippen LogP contribution is -2.29. The van der Waals surface area contributed by atoms with Crippen molar-refractivity contribution in [3.8, 4) is 11.4 Å². The number of aliphatic hydroxyl groups is 1. The van der Waals surface area contributed by atoms with Gasteiger partial charge in [-0.15, -0.1) is 5.10 Å². The standard InChI is InChI=1S/C10H10ClN5O3/c11-7-2-1-5(8(4-17)12-10(18)19)3-6(7)9-13-15-16-14-9/h1-3,8,12,17H,4H2,(H,18,19)(H,13,14,15,16)/t8-/m1/s1. The van der Waals surface area contributed by atoms with Gasteiger partial charge in [0.2, 0.25) is 0 Å². The summed E-state index contributed by atoms with van der Waals surface area (Å²) in [4.78, 5) is 10.6. The first-order chi connectivity index (χ1) is 9.11. The Hall–Kier alpha value is -2.19. The molecule has 1 aromatic heterocycles. The molecule has 0 radical (unpaired) electrons. The van der Waals surface area contributed by atoms with Gasteiger partial charge in [0, 0.05) is 5.56 Å². The van der Waals surface area contributed by atoms with Crippen LogP contribution in [0.3, 0.4) is 0 Å². The highest BCUT2D eigenvalue weighted by atomic mass is 35.5.